The number of aromatic nitrogens is 4. The fourth-order valence-corrected chi connectivity index (χ4v) is 2.83. The van der Waals surface area contributed by atoms with Crippen LogP contribution in [-0.4, -0.2) is 22.0 Å². The molecule has 2 aromatic carbocycles. The van der Waals surface area contributed by atoms with E-state index in [1.165, 1.54) is 9.36 Å². The largest absolute Gasteiger partial charge is 0.539 e. The molecular weight excluding hydrogens is 388 g/mol. The van der Waals surface area contributed by atoms with Gasteiger partial charge in [-0.15, -0.1) is 10.2 Å². The summed E-state index contributed by atoms with van der Waals surface area (Å²) in [5.74, 6) is -1.30. The molecular formula is C20H16N6O4. The molecule has 0 aliphatic carbocycles. The minimum atomic E-state index is -0.651. The van der Waals surface area contributed by atoms with Crippen LogP contribution in [0.2, 0.25) is 0 Å². The SMILES string of the molecule is C/C(=N\N=C(/C)c1c([O-])on[n+]1-c1ccccc1)c1c([O-])on[n+]1-c1ccccc1. The molecule has 0 spiro atoms. The molecule has 2 heterocycles. The topological polar surface area (TPSA) is 131 Å². The Kier molecular flexibility index (Phi) is 5.04. The van der Waals surface area contributed by atoms with Gasteiger partial charge in [-0.25, -0.2) is 0 Å². The average molecular weight is 404 g/mol. The Balaban J connectivity index is 1.72. The molecule has 10 nitrogen and oxygen atoms in total. The van der Waals surface area contributed by atoms with Crippen LogP contribution in [0.1, 0.15) is 25.2 Å². The first-order valence-electron chi connectivity index (χ1n) is 8.94. The maximum Gasteiger partial charge on any atom is 0.286 e. The second-order valence-corrected chi connectivity index (χ2v) is 6.28. The lowest BCUT2D eigenvalue weighted by molar-refractivity contribution is -0.671. The Morgan fingerprint density at radius 1 is 0.700 bits per heavy atom. The van der Waals surface area contributed by atoms with Gasteiger partial charge in [0.15, 0.2) is 11.9 Å². The Hall–Kier alpha value is -4.34. The van der Waals surface area contributed by atoms with Crippen molar-refractivity contribution < 1.29 is 28.6 Å². The number of rotatable bonds is 5. The summed E-state index contributed by atoms with van der Waals surface area (Å²) in [6.07, 6.45) is 0. The summed E-state index contributed by atoms with van der Waals surface area (Å²) in [6, 6.07) is 18.0. The monoisotopic (exact) mass is 404 g/mol. The van der Waals surface area contributed by atoms with Crippen LogP contribution >= 0.6 is 0 Å². The van der Waals surface area contributed by atoms with Crippen molar-refractivity contribution in [3.05, 3.63) is 72.1 Å². The lowest BCUT2D eigenvalue weighted by Gasteiger charge is -1.98. The molecule has 4 aromatic rings. The predicted octanol–water partition coefficient (Wildman–Crippen LogP) is 0.596. The van der Waals surface area contributed by atoms with Crippen molar-refractivity contribution in [2.75, 3.05) is 0 Å². The molecule has 0 saturated heterocycles. The van der Waals surface area contributed by atoms with Gasteiger partial charge in [0.1, 0.15) is 11.4 Å². The minimum Gasteiger partial charge on any atom is -0.539 e. The smallest absolute Gasteiger partial charge is 0.286 e. The van der Waals surface area contributed by atoms with E-state index >= 15 is 0 Å². The maximum atomic E-state index is 12.2. The Labute approximate surface area is 170 Å². The van der Waals surface area contributed by atoms with Crippen molar-refractivity contribution >= 4 is 11.4 Å². The number of nitrogens with zero attached hydrogens (tertiary/aromatic N) is 6. The standard InChI is InChI=1S/C20H16N6O4/c1-13(17-19(27)29-23-25(17)15-9-5-3-6-10-15)21-22-14(2)18-20(28)30-24-26(18)16-11-7-4-8-12-16/h3-12H,1-2H3. The summed E-state index contributed by atoms with van der Waals surface area (Å²) in [6.45, 7) is 3.20. The summed E-state index contributed by atoms with van der Waals surface area (Å²) in [4.78, 5) is 0. The fraction of sp³-hybridized carbons (Fsp3) is 0.100. The van der Waals surface area contributed by atoms with E-state index in [2.05, 4.69) is 20.7 Å². The third-order valence-electron chi connectivity index (χ3n) is 4.26. The Morgan fingerprint density at radius 3 is 1.43 bits per heavy atom. The molecule has 150 valence electrons. The van der Waals surface area contributed by atoms with E-state index in [4.69, 9.17) is 9.05 Å². The normalized spacial score (nSPS) is 12.3. The van der Waals surface area contributed by atoms with E-state index in [9.17, 15) is 10.2 Å². The van der Waals surface area contributed by atoms with Crippen molar-refractivity contribution in [3.8, 4) is 23.3 Å². The quantitative estimate of drug-likeness (QED) is 0.272. The zero-order valence-electron chi connectivity index (χ0n) is 16.1. The number of hydrogen-bond donors (Lipinski definition) is 0. The highest BCUT2D eigenvalue weighted by Gasteiger charge is 2.25. The van der Waals surface area contributed by atoms with Gasteiger partial charge in [-0.3, -0.25) is 0 Å². The number of para-hydroxylation sites is 2. The van der Waals surface area contributed by atoms with Crippen LogP contribution in [0.15, 0.2) is 79.9 Å². The average Bonchev–Trinajstić information content (AvgIpc) is 3.36. The molecule has 0 N–H and O–H groups in total. The molecule has 0 saturated carbocycles. The highest BCUT2D eigenvalue weighted by molar-refractivity contribution is 6.00. The van der Waals surface area contributed by atoms with Crippen molar-refractivity contribution in [1.82, 2.24) is 10.5 Å². The second kappa shape index (κ2) is 7.95. The van der Waals surface area contributed by atoms with Gasteiger partial charge in [0.05, 0.1) is 10.5 Å². The Bertz CT molecular complexity index is 1130. The third kappa shape index (κ3) is 3.53. The summed E-state index contributed by atoms with van der Waals surface area (Å²) in [5, 5.41) is 40.1. The van der Waals surface area contributed by atoms with E-state index in [0.717, 1.165) is 0 Å². The summed E-state index contributed by atoms with van der Waals surface area (Å²) in [5.41, 5.74) is 2.05. The second-order valence-electron chi connectivity index (χ2n) is 6.28. The van der Waals surface area contributed by atoms with E-state index in [-0.39, 0.29) is 22.8 Å². The van der Waals surface area contributed by atoms with E-state index in [1.807, 2.05) is 36.4 Å². The lowest BCUT2D eigenvalue weighted by Crippen LogP contribution is -2.39. The first-order chi connectivity index (χ1) is 14.6. The predicted molar refractivity (Wildman–Crippen MR) is 99.4 cm³/mol. The number of benzene rings is 2. The molecule has 0 atom stereocenters. The van der Waals surface area contributed by atoms with Gasteiger partial charge in [-0.05, 0) is 23.2 Å². The van der Waals surface area contributed by atoms with Gasteiger partial charge < -0.3 is 19.3 Å². The van der Waals surface area contributed by atoms with Crippen LogP contribution in [0, 0.1) is 0 Å². The van der Waals surface area contributed by atoms with Crippen LogP contribution in [0.4, 0.5) is 0 Å². The van der Waals surface area contributed by atoms with Crippen LogP contribution in [0.5, 0.6) is 11.9 Å². The molecule has 0 bridgehead atoms. The molecule has 2 aromatic heterocycles. The van der Waals surface area contributed by atoms with Crippen LogP contribution in [0.25, 0.3) is 11.4 Å². The molecule has 0 aliphatic heterocycles. The van der Waals surface area contributed by atoms with Crippen molar-refractivity contribution in [1.29, 1.82) is 0 Å². The van der Waals surface area contributed by atoms with Crippen molar-refractivity contribution in [2.45, 2.75) is 13.8 Å². The zero-order chi connectivity index (χ0) is 21.1. The van der Waals surface area contributed by atoms with Gasteiger partial charge in [0, 0.05) is 24.3 Å². The zero-order valence-corrected chi connectivity index (χ0v) is 16.1. The summed E-state index contributed by atoms with van der Waals surface area (Å²) in [7, 11) is 0. The Morgan fingerprint density at radius 2 is 1.07 bits per heavy atom. The summed E-state index contributed by atoms with van der Waals surface area (Å²) >= 11 is 0. The van der Waals surface area contributed by atoms with Gasteiger partial charge in [-0.2, -0.15) is 0 Å². The molecule has 10 heteroatoms. The van der Waals surface area contributed by atoms with Crippen LogP contribution in [-0.2, 0) is 0 Å². The molecule has 0 aliphatic rings. The molecule has 30 heavy (non-hydrogen) atoms. The maximum absolute atomic E-state index is 12.2. The summed E-state index contributed by atoms with van der Waals surface area (Å²) < 4.78 is 12.3. The number of hydrogen-bond acceptors (Lipinski definition) is 8. The first-order valence-corrected chi connectivity index (χ1v) is 8.94. The molecule has 0 fully saturated rings. The first kappa shape index (κ1) is 19.0. The van der Waals surface area contributed by atoms with E-state index < -0.39 is 11.9 Å². The molecule has 0 unspecified atom stereocenters. The highest BCUT2D eigenvalue weighted by atomic mass is 16.6. The van der Waals surface area contributed by atoms with Crippen molar-refractivity contribution in [3.63, 3.8) is 0 Å². The molecule has 0 amide bonds. The highest BCUT2D eigenvalue weighted by Crippen LogP contribution is 2.14. The van der Waals surface area contributed by atoms with Gasteiger partial charge >= 0.3 is 0 Å². The van der Waals surface area contributed by atoms with E-state index in [1.54, 1.807) is 38.1 Å². The van der Waals surface area contributed by atoms with Gasteiger partial charge in [0.25, 0.3) is 11.4 Å². The van der Waals surface area contributed by atoms with E-state index in [0.29, 0.717) is 11.4 Å². The van der Waals surface area contributed by atoms with Gasteiger partial charge in [0.2, 0.25) is 11.4 Å². The lowest BCUT2D eigenvalue weighted by atomic mass is 10.2. The van der Waals surface area contributed by atoms with Gasteiger partial charge in [-0.1, -0.05) is 36.4 Å². The molecule has 4 rings (SSSR count). The fourth-order valence-electron chi connectivity index (χ4n) is 2.83. The minimum absolute atomic E-state index is 0.126. The van der Waals surface area contributed by atoms with Crippen LogP contribution < -0.4 is 19.6 Å². The third-order valence-corrected chi connectivity index (χ3v) is 4.26. The molecule has 0 radical (unpaired) electrons. The van der Waals surface area contributed by atoms with Crippen LogP contribution in [0.3, 0.4) is 0 Å². The van der Waals surface area contributed by atoms with Crippen molar-refractivity contribution in [2.24, 2.45) is 10.2 Å².